The molecule has 0 radical (unpaired) electrons. The molecule has 0 fully saturated rings. The summed E-state index contributed by atoms with van der Waals surface area (Å²) in [5, 5.41) is 16.8. The Kier molecular flexibility index (Phi) is 10.9. The van der Waals surface area contributed by atoms with E-state index >= 15 is 0 Å². The van der Waals surface area contributed by atoms with E-state index in [4.69, 9.17) is 11.6 Å². The van der Waals surface area contributed by atoms with E-state index in [1.54, 1.807) is 66.7 Å². The molecule has 0 heterocycles. The lowest BCUT2D eigenvalue weighted by atomic mass is 10.1. The van der Waals surface area contributed by atoms with Crippen molar-refractivity contribution in [3.05, 3.63) is 130 Å². The van der Waals surface area contributed by atoms with E-state index in [0.29, 0.717) is 28.3 Å². The van der Waals surface area contributed by atoms with Crippen LogP contribution in [0.3, 0.4) is 0 Å². The maximum atomic E-state index is 14.6. The maximum Gasteiger partial charge on any atom is 0.335 e. The lowest BCUT2D eigenvalue weighted by Gasteiger charge is -2.16. The number of thioether (sulfide) groups is 1. The average Bonchev–Trinajstić information content (AvgIpc) is 3.01. The summed E-state index contributed by atoms with van der Waals surface area (Å²) in [4.78, 5) is 51.2. The van der Waals surface area contributed by atoms with Crippen LogP contribution in [-0.2, 0) is 9.59 Å². The van der Waals surface area contributed by atoms with E-state index in [-0.39, 0.29) is 27.8 Å². The molecule has 0 saturated carbocycles. The van der Waals surface area contributed by atoms with Crippen LogP contribution in [0.5, 0.6) is 0 Å². The van der Waals surface area contributed by atoms with Crippen LogP contribution in [0.1, 0.15) is 39.6 Å². The van der Waals surface area contributed by atoms with Crippen LogP contribution < -0.4 is 16.0 Å². The predicted molar refractivity (Wildman–Crippen MR) is 170 cm³/mol. The first-order valence-electron chi connectivity index (χ1n) is 13.4. The molecule has 224 valence electrons. The van der Waals surface area contributed by atoms with E-state index < -0.39 is 28.9 Å². The second kappa shape index (κ2) is 15.0. The van der Waals surface area contributed by atoms with Crippen molar-refractivity contribution in [2.24, 2.45) is 0 Å². The molecular weight excluding hydrogens is 605 g/mol. The van der Waals surface area contributed by atoms with Gasteiger partial charge in [-0.3, -0.25) is 14.4 Å². The number of carbonyl (C=O) groups is 4. The van der Waals surface area contributed by atoms with Gasteiger partial charge in [-0.2, -0.15) is 0 Å². The summed E-state index contributed by atoms with van der Waals surface area (Å²) >= 11 is 7.44. The zero-order chi connectivity index (χ0) is 31.6. The van der Waals surface area contributed by atoms with Crippen LogP contribution in [0.25, 0.3) is 6.08 Å². The highest BCUT2D eigenvalue weighted by molar-refractivity contribution is 8.00. The minimum absolute atomic E-state index is 0.0533. The van der Waals surface area contributed by atoms with E-state index in [2.05, 4.69) is 16.0 Å². The fourth-order valence-corrected chi connectivity index (χ4v) is 5.25. The predicted octanol–water partition coefficient (Wildman–Crippen LogP) is 7.10. The van der Waals surface area contributed by atoms with Crippen LogP contribution in [-0.4, -0.2) is 34.0 Å². The number of hydrogen-bond donors (Lipinski definition) is 4. The van der Waals surface area contributed by atoms with Crippen molar-refractivity contribution in [1.29, 1.82) is 0 Å². The number of halogens is 2. The van der Waals surface area contributed by atoms with Crippen molar-refractivity contribution in [2.75, 3.05) is 10.6 Å². The second-order valence-electron chi connectivity index (χ2n) is 9.39. The van der Waals surface area contributed by atoms with Gasteiger partial charge in [0.25, 0.3) is 11.8 Å². The normalized spacial score (nSPS) is 11.8. The van der Waals surface area contributed by atoms with Gasteiger partial charge in [-0.05, 0) is 73.2 Å². The number of carboxylic acid groups (broad SMARTS) is 1. The molecule has 4 rings (SSSR count). The summed E-state index contributed by atoms with van der Waals surface area (Å²) in [7, 11) is 0. The lowest BCUT2D eigenvalue weighted by molar-refractivity contribution is -0.116. The van der Waals surface area contributed by atoms with Gasteiger partial charge in [0.1, 0.15) is 11.5 Å². The Hall–Kier alpha value is -4.93. The summed E-state index contributed by atoms with van der Waals surface area (Å²) in [6.07, 6.45) is 1.64. The molecule has 4 N–H and O–H groups in total. The molecule has 0 aliphatic carbocycles. The highest BCUT2D eigenvalue weighted by Crippen LogP contribution is 2.29. The molecule has 4 aromatic rings. The lowest BCUT2D eigenvalue weighted by Crippen LogP contribution is -2.30. The first-order chi connectivity index (χ1) is 21.1. The van der Waals surface area contributed by atoms with Crippen molar-refractivity contribution >= 4 is 64.5 Å². The van der Waals surface area contributed by atoms with Gasteiger partial charge < -0.3 is 21.1 Å². The largest absolute Gasteiger partial charge is 0.478 e. The van der Waals surface area contributed by atoms with Crippen LogP contribution in [0.4, 0.5) is 15.8 Å². The smallest absolute Gasteiger partial charge is 0.335 e. The van der Waals surface area contributed by atoms with Gasteiger partial charge in [-0.15, -0.1) is 11.8 Å². The Labute approximate surface area is 262 Å². The zero-order valence-electron chi connectivity index (χ0n) is 23.3. The van der Waals surface area contributed by atoms with E-state index in [9.17, 15) is 28.7 Å². The number of carbonyl (C=O) groups excluding carboxylic acids is 3. The third-order valence-electron chi connectivity index (χ3n) is 6.23. The summed E-state index contributed by atoms with van der Waals surface area (Å²) in [5.41, 5.74) is 0.770. The van der Waals surface area contributed by atoms with Gasteiger partial charge >= 0.3 is 5.97 Å². The molecule has 44 heavy (non-hydrogen) atoms. The van der Waals surface area contributed by atoms with Gasteiger partial charge in [-0.1, -0.05) is 54.9 Å². The molecule has 0 aliphatic heterocycles. The van der Waals surface area contributed by atoms with Crippen LogP contribution in [0.15, 0.2) is 108 Å². The van der Waals surface area contributed by atoms with Gasteiger partial charge in [-0.25, -0.2) is 9.18 Å². The zero-order valence-corrected chi connectivity index (χ0v) is 24.9. The highest BCUT2D eigenvalue weighted by atomic mass is 35.5. The molecule has 0 aromatic heterocycles. The third kappa shape index (κ3) is 8.56. The van der Waals surface area contributed by atoms with Gasteiger partial charge in [0.05, 0.1) is 15.8 Å². The molecule has 4 aromatic carbocycles. The number of carboxylic acids is 1. The summed E-state index contributed by atoms with van der Waals surface area (Å²) in [5.74, 6) is -3.39. The fraction of sp³-hybridized carbons (Fsp3) is 0.0909. The van der Waals surface area contributed by atoms with Crippen molar-refractivity contribution < 1.29 is 28.7 Å². The van der Waals surface area contributed by atoms with E-state index in [0.717, 1.165) is 0 Å². The molecule has 8 nitrogen and oxygen atoms in total. The van der Waals surface area contributed by atoms with Gasteiger partial charge in [0.15, 0.2) is 0 Å². The number of amides is 3. The monoisotopic (exact) mass is 631 g/mol. The summed E-state index contributed by atoms with van der Waals surface area (Å²) in [6, 6.07) is 25.0. The molecule has 3 amide bonds. The number of rotatable bonds is 11. The molecule has 0 bridgehead atoms. The third-order valence-corrected chi connectivity index (χ3v) is 7.92. The number of nitrogens with one attached hydrogen (secondary N) is 3. The van der Waals surface area contributed by atoms with Crippen molar-refractivity contribution in [2.45, 2.75) is 23.5 Å². The quantitative estimate of drug-likeness (QED) is 0.103. The molecular formula is C33H27ClFN3O5S. The van der Waals surface area contributed by atoms with Gasteiger partial charge in [0.2, 0.25) is 5.91 Å². The first-order valence-corrected chi connectivity index (χ1v) is 14.6. The minimum atomic E-state index is -1.10. The average molecular weight is 632 g/mol. The summed E-state index contributed by atoms with van der Waals surface area (Å²) in [6.45, 7) is 1.84. The molecule has 0 spiro atoms. The Balaban J connectivity index is 1.52. The van der Waals surface area contributed by atoms with Crippen molar-refractivity contribution in [3.63, 3.8) is 0 Å². The SMILES string of the molecule is CCC(Sc1cccc(NC(=O)/C(=C\c2c(F)cccc2Cl)NC(=O)c2ccccc2)c1)C(=O)Nc1cccc(C(=O)O)c1. The van der Waals surface area contributed by atoms with Crippen LogP contribution >= 0.6 is 23.4 Å². The van der Waals surface area contributed by atoms with Crippen LogP contribution in [0, 0.1) is 5.82 Å². The Morgan fingerprint density at radius 2 is 1.52 bits per heavy atom. The number of anilines is 2. The summed E-state index contributed by atoms with van der Waals surface area (Å²) < 4.78 is 14.6. The maximum absolute atomic E-state index is 14.6. The Bertz CT molecular complexity index is 1710. The second-order valence-corrected chi connectivity index (χ2v) is 11.1. The highest BCUT2D eigenvalue weighted by Gasteiger charge is 2.20. The molecule has 1 atom stereocenters. The standard InChI is InChI=1S/C33H27ClFN3O5S/c1-2-29(32(41)37-22-12-6-11-21(17-22)33(42)43)44-24-14-7-13-23(18-24)36-31(40)28(19-25-26(34)15-8-16-27(25)35)38-30(39)20-9-4-3-5-10-20/h3-19,29H,2H2,1H3,(H,36,40)(H,37,41)(H,38,39)(H,42,43)/b28-19+. The van der Waals surface area contributed by atoms with E-state index in [1.807, 2.05) is 6.92 Å². The number of aromatic carboxylic acids is 1. The Morgan fingerprint density at radius 3 is 2.20 bits per heavy atom. The van der Waals surface area contributed by atoms with Crippen LogP contribution in [0.2, 0.25) is 5.02 Å². The Morgan fingerprint density at radius 1 is 0.864 bits per heavy atom. The topological polar surface area (TPSA) is 125 Å². The molecule has 0 aliphatic rings. The molecule has 0 saturated heterocycles. The fourth-order valence-electron chi connectivity index (χ4n) is 4.02. The number of hydrogen-bond acceptors (Lipinski definition) is 5. The van der Waals surface area contributed by atoms with Gasteiger partial charge in [0, 0.05) is 27.4 Å². The first kappa shape index (κ1) is 32.0. The number of benzene rings is 4. The minimum Gasteiger partial charge on any atom is -0.478 e. The molecule has 1 unspecified atom stereocenters. The van der Waals surface area contributed by atoms with Crippen molar-refractivity contribution in [3.8, 4) is 0 Å². The van der Waals surface area contributed by atoms with Crippen molar-refractivity contribution in [1.82, 2.24) is 5.32 Å². The van der Waals surface area contributed by atoms with E-state index in [1.165, 1.54) is 48.2 Å². The molecule has 11 heteroatoms.